The number of fused-ring (bicyclic) bond motifs is 10. The van der Waals surface area contributed by atoms with Crippen LogP contribution in [0.1, 0.15) is 79.0 Å². The van der Waals surface area contributed by atoms with E-state index in [-0.39, 0.29) is 34.5 Å². The summed E-state index contributed by atoms with van der Waals surface area (Å²) in [6.45, 7) is 13.8. The highest BCUT2D eigenvalue weighted by Crippen LogP contribution is 2.30. The van der Waals surface area contributed by atoms with Gasteiger partial charge in [0.05, 0.1) is 39.4 Å². The van der Waals surface area contributed by atoms with Crippen molar-refractivity contribution in [1.29, 1.82) is 0 Å². The average molecular weight is 963 g/mol. The van der Waals surface area contributed by atoms with Gasteiger partial charge in [-0.1, -0.05) is 24.3 Å². The van der Waals surface area contributed by atoms with Gasteiger partial charge in [-0.15, -0.1) is 0 Å². The Kier molecular flexibility index (Phi) is 14.1. The van der Waals surface area contributed by atoms with Crippen molar-refractivity contribution in [3.63, 3.8) is 0 Å². The minimum Gasteiger partial charge on any atom is -0.462 e. The summed E-state index contributed by atoms with van der Waals surface area (Å²) in [6.07, 6.45) is 9.77. The molecule has 8 aromatic rings. The number of nitrogens with one attached hydrogen (secondary N) is 1. The predicted octanol–water partition coefficient (Wildman–Crippen LogP) is 5.92. The molecule has 4 aliphatic rings. The zero-order chi connectivity index (χ0) is 49.2. The quantitative estimate of drug-likeness (QED) is 0.155. The molecule has 4 saturated heterocycles. The Balaban J connectivity index is 0.000000143. The first-order valence-electron chi connectivity index (χ1n) is 25.6. The topological polar surface area (TPSA) is 173 Å². The van der Waals surface area contributed by atoms with E-state index < -0.39 is 5.97 Å². The summed E-state index contributed by atoms with van der Waals surface area (Å²) in [5, 5.41) is 3.91. The molecule has 0 bridgehead atoms. The third-order valence-electron chi connectivity index (χ3n) is 14.7. The van der Waals surface area contributed by atoms with Gasteiger partial charge in [0.2, 0.25) is 10.9 Å². The van der Waals surface area contributed by atoms with Crippen LogP contribution >= 0.6 is 0 Å². The van der Waals surface area contributed by atoms with Gasteiger partial charge in [-0.25, -0.2) is 14.8 Å². The van der Waals surface area contributed by atoms with Crippen molar-refractivity contribution in [2.75, 3.05) is 94.9 Å². The van der Waals surface area contributed by atoms with Crippen LogP contribution in [0.4, 0.5) is 11.6 Å². The maximum Gasteiger partial charge on any atom is 0.345 e. The number of para-hydroxylation sites is 4. The first-order valence-corrected chi connectivity index (χ1v) is 25.6. The Bertz CT molecular complexity index is 3390. The van der Waals surface area contributed by atoms with Gasteiger partial charge in [-0.05, 0) is 133 Å². The normalized spacial score (nSPS) is 16.5. The molecule has 0 radical (unpaired) electrons. The van der Waals surface area contributed by atoms with Gasteiger partial charge in [0.1, 0.15) is 34.1 Å². The van der Waals surface area contributed by atoms with Gasteiger partial charge < -0.3 is 44.5 Å². The molecule has 372 valence electrons. The molecule has 1 amide bonds. The molecule has 0 saturated carbocycles. The van der Waals surface area contributed by atoms with Crippen molar-refractivity contribution in [3.05, 3.63) is 104 Å². The first kappa shape index (κ1) is 47.8. The van der Waals surface area contributed by atoms with E-state index in [2.05, 4.69) is 24.9 Å². The second kappa shape index (κ2) is 20.9. The maximum absolute atomic E-state index is 13.7. The van der Waals surface area contributed by atoms with Crippen molar-refractivity contribution < 1.29 is 14.3 Å². The number of anilines is 2. The monoisotopic (exact) mass is 963 g/mol. The van der Waals surface area contributed by atoms with Crippen molar-refractivity contribution in [2.45, 2.75) is 58.3 Å². The molecular weight excluding hydrogens is 897 g/mol. The average Bonchev–Trinajstić information content (AvgIpc) is 4.27. The number of carbonyl (C=O) groups excluding carboxylic acids is 2. The summed E-state index contributed by atoms with van der Waals surface area (Å²) in [5.74, 6) is 0.818. The molecule has 0 aliphatic carbocycles. The number of esters is 1. The number of hydrogen-bond acceptors (Lipinski definition) is 12. The van der Waals surface area contributed by atoms with Crippen molar-refractivity contribution in [2.24, 2.45) is 19.8 Å². The van der Waals surface area contributed by atoms with E-state index >= 15 is 0 Å². The van der Waals surface area contributed by atoms with Crippen LogP contribution in [0.3, 0.4) is 0 Å². The van der Waals surface area contributed by atoms with Gasteiger partial charge in [0.25, 0.3) is 5.91 Å². The predicted molar refractivity (Wildman–Crippen MR) is 282 cm³/mol. The van der Waals surface area contributed by atoms with Gasteiger partial charge in [-0.3, -0.25) is 23.2 Å². The van der Waals surface area contributed by atoms with E-state index in [1.807, 2.05) is 98.8 Å². The third kappa shape index (κ3) is 9.10. The van der Waals surface area contributed by atoms with Crippen LogP contribution in [-0.2, 0) is 18.8 Å². The van der Waals surface area contributed by atoms with Gasteiger partial charge in [0.15, 0.2) is 11.3 Å². The fourth-order valence-electron chi connectivity index (χ4n) is 11.1. The number of amides is 1. The van der Waals surface area contributed by atoms with Gasteiger partial charge in [0, 0.05) is 66.5 Å². The number of aryl methyl sites for hydroxylation is 2. The highest BCUT2D eigenvalue weighted by Gasteiger charge is 2.28. The van der Waals surface area contributed by atoms with Gasteiger partial charge >= 0.3 is 5.97 Å². The molecule has 17 nitrogen and oxygen atoms in total. The molecule has 0 atom stereocenters. The van der Waals surface area contributed by atoms with E-state index in [1.165, 1.54) is 38.8 Å². The Labute approximate surface area is 412 Å². The Morgan fingerprint density at radius 2 is 1.00 bits per heavy atom. The number of hydrogen-bond donors (Lipinski definition) is 2. The lowest BCUT2D eigenvalue weighted by Crippen LogP contribution is -2.36. The van der Waals surface area contributed by atoms with Crippen LogP contribution in [0.2, 0.25) is 0 Å². The molecule has 6 aromatic heterocycles. The largest absolute Gasteiger partial charge is 0.462 e. The lowest BCUT2D eigenvalue weighted by molar-refractivity contribution is 0.0526. The number of imidazole rings is 2. The molecule has 10 heterocycles. The summed E-state index contributed by atoms with van der Waals surface area (Å²) in [6, 6.07) is 23.2. The number of nitrogens with two attached hydrogens (primary N) is 1. The van der Waals surface area contributed by atoms with E-state index in [1.54, 1.807) is 13.0 Å². The number of likely N-dealkylation sites (tertiary alicyclic amines) is 2. The van der Waals surface area contributed by atoms with Crippen molar-refractivity contribution in [1.82, 2.24) is 43.0 Å². The van der Waals surface area contributed by atoms with Crippen molar-refractivity contribution in [3.8, 4) is 0 Å². The van der Waals surface area contributed by atoms with Gasteiger partial charge in [-0.2, -0.15) is 0 Å². The number of rotatable bonds is 10. The Morgan fingerprint density at radius 1 is 0.577 bits per heavy atom. The van der Waals surface area contributed by atoms with Crippen LogP contribution in [0.25, 0.3) is 55.4 Å². The molecule has 2 aromatic carbocycles. The number of benzene rings is 2. The molecular formula is C54H66N12O5. The molecule has 4 aliphatic heterocycles. The minimum absolute atomic E-state index is 0.0498. The summed E-state index contributed by atoms with van der Waals surface area (Å²) in [5.41, 5.74) is 11.0. The number of nitrogens with zero attached hydrogens (tertiary/aromatic N) is 10. The smallest absolute Gasteiger partial charge is 0.345 e. The van der Waals surface area contributed by atoms with Crippen LogP contribution in [0.5, 0.6) is 0 Å². The zero-order valence-electron chi connectivity index (χ0n) is 41.4. The maximum atomic E-state index is 13.7. The summed E-state index contributed by atoms with van der Waals surface area (Å²) in [4.78, 5) is 72.3. The molecule has 12 rings (SSSR count). The molecule has 0 spiro atoms. The Hall–Kier alpha value is -6.82. The molecule has 17 heteroatoms. The molecule has 3 N–H and O–H groups in total. The fourth-order valence-corrected chi connectivity index (χ4v) is 11.1. The van der Waals surface area contributed by atoms with Crippen LogP contribution in [-0.4, -0.2) is 135 Å². The van der Waals surface area contributed by atoms with E-state index in [0.717, 1.165) is 118 Å². The number of aromatic nitrogens is 6. The zero-order valence-corrected chi connectivity index (χ0v) is 41.4. The highest BCUT2D eigenvalue weighted by molar-refractivity contribution is 6.06. The van der Waals surface area contributed by atoms with Crippen LogP contribution in [0.15, 0.2) is 82.4 Å². The number of carbonyl (C=O) groups is 2. The molecule has 0 unspecified atom stereocenters. The van der Waals surface area contributed by atoms with E-state index in [0.29, 0.717) is 39.9 Å². The second-order valence-corrected chi connectivity index (χ2v) is 19.2. The standard InChI is InChI=1S/C26H30N6O2.C22H22N4O3.C6H14N2/c1-29-19-8-2-3-9-20(19)32-24-18(10-11-21(28-24)31-15-6-7-16-31)23(33)22(26(29)32)25(34)27-12-17-30-13-4-5-14-30;1-3-29-22(28)18-19(27)14-10-11-17(25-12-6-7-13-25)23-20(14)26-16-9-5-4-8-15(16)24(2)21(18)26;7-3-6-8-4-1-2-5-8/h2-3,8-11H,4-7,12-17H2,1H3,(H,27,34);4-5,8-11H,3,6-7,12-13H2,1-2H3;1-7H2. The highest BCUT2D eigenvalue weighted by atomic mass is 16.5. The summed E-state index contributed by atoms with van der Waals surface area (Å²) < 4.78 is 12.9. The molecule has 71 heavy (non-hydrogen) atoms. The second-order valence-electron chi connectivity index (χ2n) is 19.2. The molecule has 4 fully saturated rings. The third-order valence-corrected chi connectivity index (χ3v) is 14.7. The first-order chi connectivity index (χ1) is 34.7. The van der Waals surface area contributed by atoms with Crippen LogP contribution in [0, 0.1) is 0 Å². The lowest BCUT2D eigenvalue weighted by atomic mass is 10.1. The number of ether oxygens (including phenoxy) is 1. The number of pyridine rings is 4. The summed E-state index contributed by atoms with van der Waals surface area (Å²) in [7, 11) is 3.77. The summed E-state index contributed by atoms with van der Waals surface area (Å²) >= 11 is 0. The van der Waals surface area contributed by atoms with E-state index in [9.17, 15) is 19.2 Å². The fraction of sp³-hybridized carbons (Fsp3) is 0.444. The minimum atomic E-state index is -0.605. The van der Waals surface area contributed by atoms with E-state index in [4.69, 9.17) is 20.4 Å². The Morgan fingerprint density at radius 3 is 1.46 bits per heavy atom. The lowest BCUT2D eigenvalue weighted by Gasteiger charge is -2.18. The van der Waals surface area contributed by atoms with Crippen LogP contribution < -0.4 is 31.7 Å². The SMILES string of the molecule is CCOC(=O)c1c(=O)c2ccc(N3CCCC3)nc2n2c3ccccc3n(C)c12.Cn1c2ccccc2n2c3nc(N4CCCC4)ccc3c(=O)c(C(=O)NCCN3CCCC3)c12.NCCN1CCCC1. The van der Waals surface area contributed by atoms with Crippen molar-refractivity contribution >= 4 is 78.9 Å².